The third-order valence-electron chi connectivity index (χ3n) is 5.10. The zero-order valence-corrected chi connectivity index (χ0v) is 17.1. The first-order chi connectivity index (χ1) is 14.7. The average Bonchev–Trinajstić information content (AvgIpc) is 3.44. The average molecular weight is 414 g/mol. The standard InChI is InChI=1S/C24H19N3O2S/c1-29-16-10-8-15(9-11-16)22-23-19(18-6-2-3-7-20(18)26-23)13-21(27-22)24(28)25-14-17-5-4-12-30-17/h2-13,26H,14H2,1H3,(H,25,28). The highest BCUT2D eigenvalue weighted by atomic mass is 32.1. The molecule has 0 unspecified atom stereocenters. The third-order valence-corrected chi connectivity index (χ3v) is 5.97. The summed E-state index contributed by atoms with van der Waals surface area (Å²) in [6.45, 7) is 0.488. The molecule has 148 valence electrons. The lowest BCUT2D eigenvalue weighted by molar-refractivity contribution is 0.0946. The Morgan fingerprint density at radius 2 is 1.90 bits per heavy atom. The highest BCUT2D eigenvalue weighted by Gasteiger charge is 2.17. The van der Waals surface area contributed by atoms with Crippen molar-refractivity contribution in [1.29, 1.82) is 0 Å². The minimum absolute atomic E-state index is 0.189. The Bertz CT molecular complexity index is 1340. The van der Waals surface area contributed by atoms with E-state index in [0.29, 0.717) is 12.2 Å². The van der Waals surface area contributed by atoms with E-state index >= 15 is 0 Å². The number of amides is 1. The van der Waals surface area contributed by atoms with Crippen molar-refractivity contribution in [2.24, 2.45) is 0 Å². The minimum Gasteiger partial charge on any atom is -0.497 e. The van der Waals surface area contributed by atoms with E-state index < -0.39 is 0 Å². The number of thiophene rings is 1. The Kier molecular flexibility index (Phi) is 4.69. The summed E-state index contributed by atoms with van der Waals surface area (Å²) in [6, 6.07) is 21.6. The van der Waals surface area contributed by atoms with Crippen LogP contribution in [0.15, 0.2) is 72.1 Å². The van der Waals surface area contributed by atoms with Gasteiger partial charge in [-0.25, -0.2) is 4.98 Å². The number of aromatic amines is 1. The van der Waals surface area contributed by atoms with Crippen LogP contribution in [0.4, 0.5) is 0 Å². The van der Waals surface area contributed by atoms with E-state index in [1.54, 1.807) is 18.4 Å². The molecule has 0 fully saturated rings. The number of H-pyrrole nitrogens is 1. The molecule has 3 heterocycles. The second-order valence-corrected chi connectivity index (χ2v) is 7.97. The van der Waals surface area contributed by atoms with Gasteiger partial charge in [-0.3, -0.25) is 4.79 Å². The fraction of sp³-hybridized carbons (Fsp3) is 0.0833. The van der Waals surface area contributed by atoms with Gasteiger partial charge >= 0.3 is 0 Å². The Labute approximate surface area is 177 Å². The number of benzene rings is 2. The van der Waals surface area contributed by atoms with E-state index in [4.69, 9.17) is 9.72 Å². The fourth-order valence-corrected chi connectivity index (χ4v) is 4.24. The van der Waals surface area contributed by atoms with Crippen LogP contribution in [-0.2, 0) is 6.54 Å². The molecule has 5 rings (SSSR count). The number of fused-ring (bicyclic) bond motifs is 3. The molecule has 2 N–H and O–H groups in total. The lowest BCUT2D eigenvalue weighted by Gasteiger charge is -2.09. The maximum absolute atomic E-state index is 12.9. The van der Waals surface area contributed by atoms with Gasteiger partial charge < -0.3 is 15.0 Å². The first-order valence-electron chi connectivity index (χ1n) is 9.59. The monoisotopic (exact) mass is 413 g/mol. The first-order valence-corrected chi connectivity index (χ1v) is 10.5. The van der Waals surface area contributed by atoms with Crippen LogP contribution >= 0.6 is 11.3 Å². The predicted molar refractivity (Wildman–Crippen MR) is 121 cm³/mol. The first kappa shape index (κ1) is 18.4. The van der Waals surface area contributed by atoms with Crippen LogP contribution in [0.1, 0.15) is 15.4 Å². The smallest absolute Gasteiger partial charge is 0.270 e. The number of para-hydroxylation sites is 1. The van der Waals surface area contributed by atoms with Crippen molar-refractivity contribution < 1.29 is 9.53 Å². The molecular weight excluding hydrogens is 394 g/mol. The molecule has 6 heteroatoms. The van der Waals surface area contributed by atoms with Crippen LogP contribution in [0.5, 0.6) is 5.75 Å². The van der Waals surface area contributed by atoms with Crippen LogP contribution in [0, 0.1) is 0 Å². The number of pyridine rings is 1. The lowest BCUT2D eigenvalue weighted by Crippen LogP contribution is -2.23. The Morgan fingerprint density at radius 1 is 1.07 bits per heavy atom. The molecule has 0 radical (unpaired) electrons. The zero-order chi connectivity index (χ0) is 20.5. The van der Waals surface area contributed by atoms with Crippen LogP contribution in [0.25, 0.3) is 33.1 Å². The summed E-state index contributed by atoms with van der Waals surface area (Å²) in [5.41, 5.74) is 3.99. The van der Waals surface area contributed by atoms with Gasteiger partial charge in [0, 0.05) is 26.7 Å². The summed E-state index contributed by atoms with van der Waals surface area (Å²) in [5.74, 6) is 0.585. The molecule has 3 aromatic heterocycles. The molecule has 0 saturated heterocycles. The second-order valence-electron chi connectivity index (χ2n) is 6.94. The van der Waals surface area contributed by atoms with Gasteiger partial charge in [0.15, 0.2) is 0 Å². The van der Waals surface area contributed by atoms with Gasteiger partial charge in [0.25, 0.3) is 5.91 Å². The van der Waals surface area contributed by atoms with Crippen LogP contribution in [0.3, 0.4) is 0 Å². The molecule has 30 heavy (non-hydrogen) atoms. The summed E-state index contributed by atoms with van der Waals surface area (Å²) < 4.78 is 5.28. The molecule has 0 spiro atoms. The van der Waals surface area contributed by atoms with E-state index in [1.165, 1.54) is 0 Å². The molecule has 2 aromatic carbocycles. The van der Waals surface area contributed by atoms with Crippen molar-refractivity contribution in [2.45, 2.75) is 6.54 Å². The Balaban J connectivity index is 1.63. The summed E-state index contributed by atoms with van der Waals surface area (Å²) in [5, 5.41) is 7.03. The maximum Gasteiger partial charge on any atom is 0.270 e. The number of ether oxygens (including phenoxy) is 1. The molecular formula is C24H19N3O2S. The number of rotatable bonds is 5. The number of methoxy groups -OCH3 is 1. The Morgan fingerprint density at radius 3 is 2.67 bits per heavy atom. The number of aromatic nitrogens is 2. The highest BCUT2D eigenvalue weighted by Crippen LogP contribution is 2.33. The largest absolute Gasteiger partial charge is 0.497 e. The number of hydrogen-bond acceptors (Lipinski definition) is 4. The van der Waals surface area contributed by atoms with Crippen molar-refractivity contribution in [3.63, 3.8) is 0 Å². The quantitative estimate of drug-likeness (QED) is 0.406. The number of carbonyl (C=O) groups excluding carboxylic acids is 1. The topological polar surface area (TPSA) is 67.0 Å². The molecule has 5 nitrogen and oxygen atoms in total. The summed E-state index contributed by atoms with van der Waals surface area (Å²) in [7, 11) is 1.64. The van der Waals surface area contributed by atoms with E-state index in [-0.39, 0.29) is 5.91 Å². The fourth-order valence-electron chi connectivity index (χ4n) is 3.59. The van der Waals surface area contributed by atoms with Crippen molar-refractivity contribution >= 4 is 39.0 Å². The minimum atomic E-state index is -0.189. The molecule has 0 aliphatic carbocycles. The van der Waals surface area contributed by atoms with E-state index in [9.17, 15) is 4.79 Å². The van der Waals surface area contributed by atoms with Crippen molar-refractivity contribution in [3.05, 3.63) is 82.7 Å². The van der Waals surface area contributed by atoms with Gasteiger partial charge in [0.05, 0.1) is 24.9 Å². The molecule has 5 aromatic rings. The Hall–Kier alpha value is -3.64. The second kappa shape index (κ2) is 7.65. The SMILES string of the molecule is COc1ccc(-c2nc(C(=O)NCc3cccs3)cc3c2[nH]c2ccccc23)cc1. The van der Waals surface area contributed by atoms with Crippen molar-refractivity contribution in [1.82, 2.24) is 15.3 Å². The molecule has 0 aliphatic heterocycles. The molecule has 0 bridgehead atoms. The van der Waals surface area contributed by atoms with Gasteiger partial charge in [-0.1, -0.05) is 24.3 Å². The normalized spacial score (nSPS) is 11.1. The van der Waals surface area contributed by atoms with E-state index in [0.717, 1.165) is 43.7 Å². The van der Waals surface area contributed by atoms with Gasteiger partial charge in [-0.05, 0) is 47.8 Å². The number of carbonyl (C=O) groups is 1. The highest BCUT2D eigenvalue weighted by molar-refractivity contribution is 7.09. The van der Waals surface area contributed by atoms with E-state index in [1.807, 2.05) is 66.0 Å². The van der Waals surface area contributed by atoms with Crippen molar-refractivity contribution in [2.75, 3.05) is 7.11 Å². The summed E-state index contributed by atoms with van der Waals surface area (Å²) in [4.78, 5) is 22.2. The van der Waals surface area contributed by atoms with Crippen LogP contribution in [0.2, 0.25) is 0 Å². The summed E-state index contributed by atoms with van der Waals surface area (Å²) >= 11 is 1.62. The maximum atomic E-state index is 12.9. The van der Waals surface area contributed by atoms with Gasteiger partial charge in [-0.15, -0.1) is 11.3 Å². The lowest BCUT2D eigenvalue weighted by atomic mass is 10.1. The number of nitrogens with zero attached hydrogens (tertiary/aromatic N) is 1. The van der Waals surface area contributed by atoms with Gasteiger partial charge in [-0.2, -0.15) is 0 Å². The summed E-state index contributed by atoms with van der Waals surface area (Å²) in [6.07, 6.45) is 0. The van der Waals surface area contributed by atoms with Crippen LogP contribution < -0.4 is 10.1 Å². The van der Waals surface area contributed by atoms with Crippen LogP contribution in [-0.4, -0.2) is 23.0 Å². The number of hydrogen-bond donors (Lipinski definition) is 2. The molecule has 1 amide bonds. The zero-order valence-electron chi connectivity index (χ0n) is 16.3. The van der Waals surface area contributed by atoms with Gasteiger partial charge in [0.1, 0.15) is 11.4 Å². The third kappa shape index (κ3) is 3.31. The number of nitrogens with one attached hydrogen (secondary N) is 2. The van der Waals surface area contributed by atoms with Gasteiger partial charge in [0.2, 0.25) is 0 Å². The predicted octanol–water partition coefficient (Wildman–Crippen LogP) is 5.38. The molecule has 0 aliphatic rings. The van der Waals surface area contributed by atoms with Crippen molar-refractivity contribution in [3.8, 4) is 17.0 Å². The molecule has 0 saturated carbocycles. The molecule has 0 atom stereocenters. The van der Waals surface area contributed by atoms with E-state index in [2.05, 4.69) is 16.4 Å².